The van der Waals surface area contributed by atoms with E-state index in [1.807, 2.05) is 31.2 Å². The van der Waals surface area contributed by atoms with E-state index in [4.69, 9.17) is 0 Å². The van der Waals surface area contributed by atoms with Crippen molar-refractivity contribution < 1.29 is 13.0 Å². The predicted molar refractivity (Wildman–Crippen MR) is 133 cm³/mol. The molecule has 1 aliphatic rings. The van der Waals surface area contributed by atoms with Crippen LogP contribution in [0, 0.1) is 24.5 Å². The summed E-state index contributed by atoms with van der Waals surface area (Å²) >= 11 is 0. The Balaban J connectivity index is 2.17. The van der Waals surface area contributed by atoms with Crippen LogP contribution in [0.5, 0.6) is 0 Å². The first-order valence-corrected chi connectivity index (χ1v) is 13.5. The van der Waals surface area contributed by atoms with Crippen molar-refractivity contribution in [2.75, 3.05) is 4.31 Å². The fraction of sp³-hybridized carbons (Fsp3) is 0.519. The molecule has 2 aromatic rings. The van der Waals surface area contributed by atoms with Crippen LogP contribution in [0.15, 0.2) is 47.4 Å². The molecular weight excluding hydrogens is 424 g/mol. The van der Waals surface area contributed by atoms with Crippen molar-refractivity contribution in [1.29, 1.82) is 0 Å². The Labute approximate surface area is 193 Å². The first-order valence-electron chi connectivity index (χ1n) is 12.0. The van der Waals surface area contributed by atoms with Gasteiger partial charge >= 0.3 is 0 Å². The number of anilines is 1. The third-order valence-electron chi connectivity index (χ3n) is 6.80. The van der Waals surface area contributed by atoms with E-state index in [0.29, 0.717) is 17.2 Å². The molecule has 0 saturated heterocycles. The first-order chi connectivity index (χ1) is 15.3. The minimum Gasteiger partial charge on any atom is -0.289 e. The molecule has 3 unspecified atom stereocenters. The van der Waals surface area contributed by atoms with E-state index in [1.165, 1.54) is 6.07 Å². The van der Waals surface area contributed by atoms with E-state index >= 15 is 4.39 Å². The molecule has 2 nitrogen and oxygen atoms in total. The lowest BCUT2D eigenvalue weighted by Crippen LogP contribution is -2.45. The number of halogens is 2. The molecule has 0 bridgehead atoms. The first kappa shape index (κ1) is 24.8. The molecule has 1 aliphatic carbocycles. The summed E-state index contributed by atoms with van der Waals surface area (Å²) in [5, 5.41) is 0. The van der Waals surface area contributed by atoms with Gasteiger partial charge in [0.15, 0.2) is 0 Å². The Morgan fingerprint density at radius 2 is 1.69 bits per heavy atom. The van der Waals surface area contributed by atoms with Gasteiger partial charge in [-0.1, -0.05) is 57.7 Å². The van der Waals surface area contributed by atoms with Gasteiger partial charge in [0.25, 0.3) is 0 Å². The van der Waals surface area contributed by atoms with Gasteiger partial charge in [0.2, 0.25) is 0 Å². The van der Waals surface area contributed by atoms with Crippen molar-refractivity contribution >= 4 is 20.3 Å². The molecule has 2 aromatic carbocycles. The maximum atomic E-state index is 15.2. The molecule has 3 rings (SSSR count). The number of rotatable bonds is 10. The SMILES string of the molecule is CCC(C)CCCC(CC)N(c1cc(F)ccc1F)S(=O)(=C1CCC1)c1ccc(C)cc1. The second-order valence-corrected chi connectivity index (χ2v) is 11.7. The van der Waals surface area contributed by atoms with Crippen LogP contribution in [0.1, 0.15) is 77.7 Å². The number of hydrogen-bond acceptors (Lipinski definition) is 1. The average Bonchev–Trinajstić information content (AvgIpc) is 2.74. The number of aryl methyl sites for hydroxylation is 1. The van der Waals surface area contributed by atoms with Crippen molar-refractivity contribution in [3.05, 3.63) is 59.7 Å². The smallest absolute Gasteiger partial charge is 0.147 e. The summed E-state index contributed by atoms with van der Waals surface area (Å²) in [6, 6.07) is 11.1. The molecule has 5 heteroatoms. The van der Waals surface area contributed by atoms with Crippen LogP contribution in [0.4, 0.5) is 14.5 Å². The molecule has 0 spiro atoms. The van der Waals surface area contributed by atoms with Gasteiger partial charge in [-0.15, -0.1) is 0 Å². The zero-order valence-corrected chi connectivity index (χ0v) is 20.7. The zero-order valence-electron chi connectivity index (χ0n) is 19.9. The summed E-state index contributed by atoms with van der Waals surface area (Å²) in [5.74, 6) is -0.411. The van der Waals surface area contributed by atoms with Gasteiger partial charge in [-0.3, -0.25) is 4.31 Å². The Morgan fingerprint density at radius 1 is 1.00 bits per heavy atom. The molecule has 0 aromatic heterocycles. The fourth-order valence-electron chi connectivity index (χ4n) is 4.33. The Morgan fingerprint density at radius 3 is 2.25 bits per heavy atom. The fourth-order valence-corrected chi connectivity index (χ4v) is 7.61. The van der Waals surface area contributed by atoms with Gasteiger partial charge in [0, 0.05) is 17.0 Å². The van der Waals surface area contributed by atoms with Gasteiger partial charge in [0.1, 0.15) is 11.6 Å². The van der Waals surface area contributed by atoms with Gasteiger partial charge in [-0.25, -0.2) is 13.0 Å². The van der Waals surface area contributed by atoms with Crippen LogP contribution >= 0.6 is 0 Å². The molecule has 1 fully saturated rings. The quantitative estimate of drug-likeness (QED) is 0.332. The van der Waals surface area contributed by atoms with Crippen molar-refractivity contribution in [3.63, 3.8) is 0 Å². The lowest BCUT2D eigenvalue weighted by Gasteiger charge is -2.40. The number of benzene rings is 2. The summed E-state index contributed by atoms with van der Waals surface area (Å²) < 4.78 is 46.3. The topological polar surface area (TPSA) is 20.3 Å². The summed E-state index contributed by atoms with van der Waals surface area (Å²) in [7, 11) is -2.88. The largest absolute Gasteiger partial charge is 0.289 e. The van der Waals surface area contributed by atoms with Crippen molar-refractivity contribution in [3.8, 4) is 0 Å². The van der Waals surface area contributed by atoms with Crippen LogP contribution in [-0.2, 0) is 9.71 Å². The van der Waals surface area contributed by atoms with E-state index in [9.17, 15) is 8.60 Å². The highest BCUT2D eigenvalue weighted by Gasteiger charge is 2.34. The van der Waals surface area contributed by atoms with E-state index in [-0.39, 0.29) is 11.7 Å². The van der Waals surface area contributed by atoms with E-state index < -0.39 is 21.3 Å². The van der Waals surface area contributed by atoms with Crippen LogP contribution in [0.2, 0.25) is 0 Å². The molecule has 0 N–H and O–H groups in total. The monoisotopic (exact) mass is 461 g/mol. The second kappa shape index (κ2) is 10.8. The highest BCUT2D eigenvalue weighted by atomic mass is 32.2. The zero-order chi connectivity index (χ0) is 23.3. The minimum absolute atomic E-state index is 0.116. The van der Waals surface area contributed by atoms with Gasteiger partial charge in [0.05, 0.1) is 20.3 Å². The summed E-state index contributed by atoms with van der Waals surface area (Å²) in [6.45, 7) is 8.48. The Kier molecular flexibility index (Phi) is 8.37. The van der Waals surface area contributed by atoms with E-state index in [1.54, 1.807) is 4.31 Å². The summed E-state index contributed by atoms with van der Waals surface area (Å²) in [4.78, 5) is 1.65. The third-order valence-corrected chi connectivity index (χ3v) is 9.95. The number of hydrogen-bond donors (Lipinski definition) is 0. The van der Waals surface area contributed by atoms with Gasteiger partial charge < -0.3 is 0 Å². The summed E-state index contributed by atoms with van der Waals surface area (Å²) in [5.41, 5.74) is 1.20. The standard InChI is InChI=1S/C27H37F2NOS/c1-5-20(3)9-7-10-23(6-2)30(27-19-22(28)15-18-26(27)29)32(31,24-11-8-12-24)25-16-13-21(4)14-17-25/h13-20,23H,5-12H2,1-4H3. The van der Waals surface area contributed by atoms with Crippen LogP contribution in [0.25, 0.3) is 0 Å². The van der Waals surface area contributed by atoms with Gasteiger partial charge in [-0.2, -0.15) is 0 Å². The third kappa shape index (κ3) is 5.19. The maximum Gasteiger partial charge on any atom is 0.147 e. The molecule has 0 aliphatic heterocycles. The molecule has 0 amide bonds. The highest BCUT2D eigenvalue weighted by Crippen LogP contribution is 2.36. The number of nitrogens with zero attached hydrogens (tertiary/aromatic N) is 1. The van der Waals surface area contributed by atoms with Crippen LogP contribution in [0.3, 0.4) is 0 Å². The Hall–Kier alpha value is -1.88. The highest BCUT2D eigenvalue weighted by molar-refractivity contribution is 8.03. The van der Waals surface area contributed by atoms with E-state index in [2.05, 4.69) is 20.8 Å². The molecule has 1 saturated carbocycles. The molecule has 176 valence electrons. The normalized spacial score (nSPS) is 17.4. The molecule has 3 atom stereocenters. The Bertz CT molecular complexity index is 1020. The molecule has 32 heavy (non-hydrogen) atoms. The lowest BCUT2D eigenvalue weighted by atomic mass is 9.98. The van der Waals surface area contributed by atoms with Crippen molar-refractivity contribution in [1.82, 2.24) is 0 Å². The molecule has 0 radical (unpaired) electrons. The van der Waals surface area contributed by atoms with Crippen molar-refractivity contribution in [2.24, 2.45) is 5.92 Å². The second-order valence-electron chi connectivity index (χ2n) is 9.16. The van der Waals surface area contributed by atoms with E-state index in [0.717, 1.165) is 67.5 Å². The molecule has 0 heterocycles. The average molecular weight is 462 g/mol. The molecular formula is C27H37F2NOS. The predicted octanol–water partition coefficient (Wildman–Crippen LogP) is 7.69. The van der Waals surface area contributed by atoms with Crippen LogP contribution < -0.4 is 4.31 Å². The van der Waals surface area contributed by atoms with Crippen molar-refractivity contribution in [2.45, 2.75) is 90.0 Å². The van der Waals surface area contributed by atoms with Gasteiger partial charge in [-0.05, 0) is 69.2 Å². The maximum absolute atomic E-state index is 15.2. The minimum atomic E-state index is -2.88. The van der Waals surface area contributed by atoms with Crippen LogP contribution in [-0.4, -0.2) is 15.1 Å². The lowest BCUT2D eigenvalue weighted by molar-refractivity contribution is 0.456. The summed E-state index contributed by atoms with van der Waals surface area (Å²) in [6.07, 6.45) is 7.21.